The summed E-state index contributed by atoms with van der Waals surface area (Å²) in [5, 5.41) is 15.1. The third-order valence-corrected chi connectivity index (χ3v) is 5.80. The summed E-state index contributed by atoms with van der Waals surface area (Å²) in [5.41, 5.74) is 0.524. The smallest absolute Gasteiger partial charge is 0.408 e. The molecule has 10 nitrogen and oxygen atoms in total. The number of rotatable bonds is 10. The number of esters is 1. The number of alkyl carbamates (subject to hydrolysis) is 1. The molecule has 3 atom stereocenters. The number of aryl methyl sites for hydroxylation is 1. The minimum Gasteiger partial charge on any atom is -0.458 e. The number of likely N-dealkylation sites (N-methyl/N-ethyl adjacent to an activating group) is 1. The molecule has 3 amide bonds. The van der Waals surface area contributed by atoms with Gasteiger partial charge in [0.2, 0.25) is 11.8 Å². The molecule has 0 aliphatic heterocycles. The van der Waals surface area contributed by atoms with Crippen molar-refractivity contribution in [3.05, 3.63) is 71.3 Å². The molecule has 10 heteroatoms. The number of benzene rings is 2. The van der Waals surface area contributed by atoms with E-state index in [-0.39, 0.29) is 6.42 Å². The van der Waals surface area contributed by atoms with E-state index in [4.69, 9.17) is 9.47 Å². The molecule has 0 bridgehead atoms. The van der Waals surface area contributed by atoms with Gasteiger partial charge in [-0.25, -0.2) is 9.59 Å². The monoisotopic (exact) mass is 569 g/mol. The van der Waals surface area contributed by atoms with Gasteiger partial charge in [-0.1, -0.05) is 60.2 Å². The van der Waals surface area contributed by atoms with Crippen LogP contribution in [-0.4, -0.2) is 70.8 Å². The van der Waals surface area contributed by atoms with E-state index in [1.165, 1.54) is 7.05 Å². The molecule has 0 aliphatic rings. The van der Waals surface area contributed by atoms with Gasteiger partial charge < -0.3 is 30.1 Å². The Balaban J connectivity index is 2.41. The first-order valence-electron chi connectivity index (χ1n) is 13.5. The molecule has 0 aromatic heterocycles. The molecule has 0 saturated heterocycles. The van der Waals surface area contributed by atoms with Crippen LogP contribution in [0.3, 0.4) is 0 Å². The minimum atomic E-state index is -1.37. The van der Waals surface area contributed by atoms with Gasteiger partial charge >= 0.3 is 12.1 Å². The number of ether oxygens (including phenoxy) is 2. The Morgan fingerprint density at radius 3 is 2.00 bits per heavy atom. The Morgan fingerprint density at radius 2 is 1.46 bits per heavy atom. The summed E-state index contributed by atoms with van der Waals surface area (Å²) >= 11 is 0. The van der Waals surface area contributed by atoms with Crippen LogP contribution in [-0.2, 0) is 30.3 Å². The van der Waals surface area contributed by atoms with E-state index in [0.717, 1.165) is 16.0 Å². The van der Waals surface area contributed by atoms with Crippen LogP contribution < -0.4 is 10.6 Å². The highest BCUT2D eigenvalue weighted by Crippen LogP contribution is 2.23. The van der Waals surface area contributed by atoms with Crippen molar-refractivity contribution in [1.82, 2.24) is 15.5 Å². The van der Waals surface area contributed by atoms with Gasteiger partial charge in [0.25, 0.3) is 0 Å². The molecule has 2 aromatic rings. The zero-order chi connectivity index (χ0) is 31.0. The van der Waals surface area contributed by atoms with Crippen LogP contribution in [0.25, 0.3) is 0 Å². The first kappa shape index (κ1) is 33.3. The molecule has 0 spiro atoms. The Morgan fingerprint density at radius 1 is 0.854 bits per heavy atom. The summed E-state index contributed by atoms with van der Waals surface area (Å²) in [6, 6.07) is 12.6. The highest BCUT2D eigenvalue weighted by Gasteiger charge is 2.36. The summed E-state index contributed by atoms with van der Waals surface area (Å²) in [5.74, 6) is -1.98. The molecule has 0 saturated carbocycles. The predicted octanol–water partition coefficient (Wildman–Crippen LogP) is 3.45. The second kappa shape index (κ2) is 14.1. The predicted molar refractivity (Wildman–Crippen MR) is 155 cm³/mol. The first-order chi connectivity index (χ1) is 19.0. The lowest BCUT2D eigenvalue weighted by Crippen LogP contribution is -2.54. The number of aliphatic hydroxyl groups excluding tert-OH is 1. The fourth-order valence-electron chi connectivity index (χ4n) is 4.07. The van der Waals surface area contributed by atoms with Crippen LogP contribution >= 0.6 is 0 Å². The van der Waals surface area contributed by atoms with E-state index < -0.39 is 59.8 Å². The molecule has 3 N–H and O–H groups in total. The summed E-state index contributed by atoms with van der Waals surface area (Å²) in [6.45, 7) is 11.3. The van der Waals surface area contributed by atoms with Crippen molar-refractivity contribution in [2.45, 2.75) is 84.2 Å². The summed E-state index contributed by atoms with van der Waals surface area (Å²) in [6.07, 6.45) is -0.721. The average molecular weight is 570 g/mol. The summed E-state index contributed by atoms with van der Waals surface area (Å²) in [7, 11) is 1.40. The molecular formula is C31H43N3O7. The van der Waals surface area contributed by atoms with E-state index in [9.17, 15) is 24.3 Å². The highest BCUT2D eigenvalue weighted by atomic mass is 16.6. The molecule has 2 rings (SSSR count). The molecule has 0 radical (unpaired) electrons. The highest BCUT2D eigenvalue weighted by molar-refractivity contribution is 5.94. The maximum absolute atomic E-state index is 13.9. The maximum Gasteiger partial charge on any atom is 0.408 e. The van der Waals surface area contributed by atoms with E-state index in [2.05, 4.69) is 10.6 Å². The largest absolute Gasteiger partial charge is 0.458 e. The zero-order valence-electron chi connectivity index (χ0n) is 25.2. The van der Waals surface area contributed by atoms with Crippen LogP contribution in [0.5, 0.6) is 0 Å². The number of carbonyl (C=O) groups is 4. The van der Waals surface area contributed by atoms with Gasteiger partial charge in [0.05, 0.1) is 6.61 Å². The molecule has 41 heavy (non-hydrogen) atoms. The van der Waals surface area contributed by atoms with Gasteiger partial charge in [-0.2, -0.15) is 0 Å². The zero-order valence-corrected chi connectivity index (χ0v) is 25.2. The number of aliphatic hydroxyl groups is 1. The molecule has 3 unspecified atom stereocenters. The van der Waals surface area contributed by atoms with Crippen molar-refractivity contribution in [2.75, 3.05) is 13.7 Å². The number of amides is 3. The van der Waals surface area contributed by atoms with Crippen LogP contribution in [0.4, 0.5) is 4.79 Å². The second-order valence-corrected chi connectivity index (χ2v) is 11.9. The van der Waals surface area contributed by atoms with Crippen molar-refractivity contribution in [3.63, 3.8) is 0 Å². The molecular weight excluding hydrogens is 526 g/mol. The lowest BCUT2D eigenvalue weighted by atomic mass is 10.00. The average Bonchev–Trinajstić information content (AvgIpc) is 2.85. The van der Waals surface area contributed by atoms with Crippen molar-refractivity contribution in [1.29, 1.82) is 0 Å². The third-order valence-electron chi connectivity index (χ3n) is 5.80. The van der Waals surface area contributed by atoms with E-state index in [1.807, 2.05) is 43.3 Å². The van der Waals surface area contributed by atoms with Gasteiger partial charge in [-0.3, -0.25) is 9.59 Å². The third kappa shape index (κ3) is 10.9. The lowest BCUT2D eigenvalue weighted by Gasteiger charge is -2.32. The number of carbonyl (C=O) groups excluding carboxylic acids is 4. The number of hydrogen-bond donors (Lipinski definition) is 3. The second-order valence-electron chi connectivity index (χ2n) is 11.9. The van der Waals surface area contributed by atoms with Crippen molar-refractivity contribution >= 4 is 23.9 Å². The summed E-state index contributed by atoms with van der Waals surface area (Å²) < 4.78 is 10.8. The molecule has 0 heterocycles. The van der Waals surface area contributed by atoms with Crippen LogP contribution in [0.15, 0.2) is 54.6 Å². The van der Waals surface area contributed by atoms with Crippen molar-refractivity contribution in [2.24, 2.45) is 0 Å². The van der Waals surface area contributed by atoms with Gasteiger partial charge in [-0.05, 0) is 59.6 Å². The standard InChI is InChI=1S/C31H43N3O7/c1-20-13-12-16-22(17-20)25(34(8)27(37)24(19-35)33-29(39)41-31(5,6)7)26(36)32-23(28(38)40-30(2,3)4)18-21-14-10-9-11-15-21/h9-17,23-25,35H,18-19H2,1-8H3,(H,32,36)(H,33,39). The topological polar surface area (TPSA) is 134 Å². The lowest BCUT2D eigenvalue weighted by molar-refractivity contribution is -0.159. The van der Waals surface area contributed by atoms with Crippen molar-refractivity contribution in [3.8, 4) is 0 Å². The fraction of sp³-hybridized carbons (Fsp3) is 0.484. The Bertz CT molecular complexity index is 1200. The Kier molecular flexibility index (Phi) is 11.5. The normalized spacial score (nSPS) is 13.8. The number of nitrogens with zero attached hydrogens (tertiary/aromatic N) is 1. The molecule has 0 aliphatic carbocycles. The van der Waals surface area contributed by atoms with E-state index in [0.29, 0.717) is 5.56 Å². The Hall–Kier alpha value is -3.92. The van der Waals surface area contributed by atoms with Crippen LogP contribution in [0.2, 0.25) is 0 Å². The molecule has 224 valence electrons. The summed E-state index contributed by atoms with van der Waals surface area (Å²) in [4.78, 5) is 54.1. The van der Waals surface area contributed by atoms with Gasteiger partial charge in [0, 0.05) is 13.5 Å². The van der Waals surface area contributed by atoms with Gasteiger partial charge in [-0.15, -0.1) is 0 Å². The number of nitrogens with one attached hydrogen (secondary N) is 2. The van der Waals surface area contributed by atoms with E-state index in [1.54, 1.807) is 59.7 Å². The Labute approximate surface area is 242 Å². The van der Waals surface area contributed by atoms with Crippen molar-refractivity contribution < 1.29 is 33.8 Å². The van der Waals surface area contributed by atoms with Crippen LogP contribution in [0, 0.1) is 6.92 Å². The van der Waals surface area contributed by atoms with E-state index >= 15 is 0 Å². The SMILES string of the molecule is Cc1cccc(C(C(=O)NC(Cc2ccccc2)C(=O)OC(C)(C)C)N(C)C(=O)C(CO)NC(=O)OC(C)(C)C)c1. The van der Waals surface area contributed by atoms with Gasteiger partial charge in [0.15, 0.2) is 0 Å². The minimum absolute atomic E-state index is 0.166. The first-order valence-corrected chi connectivity index (χ1v) is 13.5. The number of hydrogen-bond acceptors (Lipinski definition) is 7. The quantitative estimate of drug-likeness (QED) is 0.373. The van der Waals surface area contributed by atoms with Crippen LogP contribution in [0.1, 0.15) is 64.3 Å². The maximum atomic E-state index is 13.9. The fourth-order valence-corrected chi connectivity index (χ4v) is 4.07. The van der Waals surface area contributed by atoms with Gasteiger partial charge in [0.1, 0.15) is 29.3 Å². The molecule has 2 aromatic carbocycles. The molecule has 0 fully saturated rings.